The minimum absolute atomic E-state index is 0.00616. The second kappa shape index (κ2) is 9.99. The van der Waals surface area contributed by atoms with E-state index in [1.807, 2.05) is 37.3 Å². The summed E-state index contributed by atoms with van der Waals surface area (Å²) >= 11 is 0. The predicted octanol–water partition coefficient (Wildman–Crippen LogP) is 2.42. The molecule has 2 heterocycles. The summed E-state index contributed by atoms with van der Waals surface area (Å²) in [6.45, 7) is 2.38. The molecule has 0 radical (unpaired) electrons. The standard InChI is InChI=1S/C24H25N7O3/c1-3-34-20-14-17(10-11-19(20)33-2)18(13-15-6-8-16(9-7-15)22(25)26)23-28-24(32)31(30-23)21-5-4-12-27-29-21/h4-12,14,18H,3,13H2,1-2H3,(H3,25,26)(H,28,30,32). The number of aromatic nitrogens is 5. The summed E-state index contributed by atoms with van der Waals surface area (Å²) < 4.78 is 12.4. The molecule has 4 N–H and O–H groups in total. The molecule has 34 heavy (non-hydrogen) atoms. The molecule has 2 aromatic carbocycles. The molecule has 0 amide bonds. The molecule has 174 valence electrons. The number of rotatable bonds is 9. The van der Waals surface area contributed by atoms with Crippen molar-refractivity contribution in [2.45, 2.75) is 19.3 Å². The third-order valence-electron chi connectivity index (χ3n) is 5.34. The number of amidine groups is 1. The van der Waals surface area contributed by atoms with E-state index in [0.29, 0.717) is 41.7 Å². The van der Waals surface area contributed by atoms with Crippen molar-refractivity contribution in [3.05, 3.63) is 93.8 Å². The highest BCUT2D eigenvalue weighted by Gasteiger charge is 2.23. The highest BCUT2D eigenvalue weighted by Crippen LogP contribution is 2.34. The molecule has 0 fully saturated rings. The van der Waals surface area contributed by atoms with Crippen LogP contribution < -0.4 is 20.9 Å². The first-order valence-corrected chi connectivity index (χ1v) is 10.7. The molecule has 0 aliphatic carbocycles. The van der Waals surface area contributed by atoms with E-state index >= 15 is 0 Å². The molecule has 0 saturated heterocycles. The largest absolute Gasteiger partial charge is 0.493 e. The molecule has 0 aliphatic rings. The van der Waals surface area contributed by atoms with Gasteiger partial charge in [0.1, 0.15) is 11.7 Å². The number of benzene rings is 2. The lowest BCUT2D eigenvalue weighted by Gasteiger charge is -2.18. The molecule has 4 rings (SSSR count). The van der Waals surface area contributed by atoms with Crippen molar-refractivity contribution in [1.29, 1.82) is 5.41 Å². The number of nitrogens with one attached hydrogen (secondary N) is 2. The van der Waals surface area contributed by atoms with Gasteiger partial charge < -0.3 is 15.2 Å². The van der Waals surface area contributed by atoms with E-state index in [9.17, 15) is 4.79 Å². The van der Waals surface area contributed by atoms with E-state index in [4.69, 9.17) is 20.6 Å². The first-order valence-electron chi connectivity index (χ1n) is 10.7. The highest BCUT2D eigenvalue weighted by molar-refractivity contribution is 5.94. The van der Waals surface area contributed by atoms with Crippen LogP contribution in [0.15, 0.2) is 65.6 Å². The highest BCUT2D eigenvalue weighted by atomic mass is 16.5. The first-order chi connectivity index (χ1) is 16.5. The number of nitrogens with zero attached hydrogens (tertiary/aromatic N) is 4. The Kier molecular flexibility index (Phi) is 6.67. The Morgan fingerprint density at radius 3 is 2.62 bits per heavy atom. The minimum atomic E-state index is -0.411. The normalized spacial score (nSPS) is 11.7. The maximum absolute atomic E-state index is 12.7. The lowest BCUT2D eigenvalue weighted by Crippen LogP contribution is -2.17. The van der Waals surface area contributed by atoms with Crippen LogP contribution in [-0.2, 0) is 6.42 Å². The summed E-state index contributed by atoms with van der Waals surface area (Å²) in [7, 11) is 1.59. The van der Waals surface area contributed by atoms with Crippen LogP contribution in [0.2, 0.25) is 0 Å². The Labute approximate surface area is 195 Å². The summed E-state index contributed by atoms with van der Waals surface area (Å²) in [6.07, 6.45) is 2.06. The number of hydrogen-bond acceptors (Lipinski definition) is 7. The summed E-state index contributed by atoms with van der Waals surface area (Å²) in [5.41, 5.74) is 7.69. The lowest BCUT2D eigenvalue weighted by atomic mass is 9.90. The number of methoxy groups -OCH3 is 1. The lowest BCUT2D eigenvalue weighted by molar-refractivity contribution is 0.310. The zero-order chi connectivity index (χ0) is 24.1. The zero-order valence-corrected chi connectivity index (χ0v) is 18.9. The molecular formula is C24H25N7O3. The summed E-state index contributed by atoms with van der Waals surface area (Å²) in [6, 6.07) is 16.4. The van der Waals surface area contributed by atoms with Crippen LogP contribution in [0.5, 0.6) is 11.5 Å². The first kappa shape index (κ1) is 22.7. The third-order valence-corrected chi connectivity index (χ3v) is 5.34. The molecule has 1 unspecified atom stereocenters. The van der Waals surface area contributed by atoms with Gasteiger partial charge in [0.2, 0.25) is 0 Å². The predicted molar refractivity (Wildman–Crippen MR) is 127 cm³/mol. The van der Waals surface area contributed by atoms with Gasteiger partial charge in [-0.3, -0.25) is 10.4 Å². The van der Waals surface area contributed by atoms with E-state index in [2.05, 4.69) is 20.3 Å². The fraction of sp³-hybridized carbons (Fsp3) is 0.208. The number of nitrogen functional groups attached to an aromatic ring is 1. The van der Waals surface area contributed by atoms with Crippen molar-refractivity contribution in [2.75, 3.05) is 13.7 Å². The molecule has 0 aliphatic heterocycles. The molecule has 10 nitrogen and oxygen atoms in total. The van der Waals surface area contributed by atoms with Crippen LogP contribution in [0.25, 0.3) is 5.82 Å². The Balaban J connectivity index is 1.78. The van der Waals surface area contributed by atoms with Crippen molar-refractivity contribution < 1.29 is 9.47 Å². The van der Waals surface area contributed by atoms with Gasteiger partial charge in [0.25, 0.3) is 0 Å². The number of hydrogen-bond donors (Lipinski definition) is 3. The van der Waals surface area contributed by atoms with E-state index < -0.39 is 5.69 Å². The average Bonchev–Trinajstić information content (AvgIpc) is 3.24. The van der Waals surface area contributed by atoms with Crippen molar-refractivity contribution in [3.8, 4) is 17.3 Å². The van der Waals surface area contributed by atoms with Gasteiger partial charge in [0.05, 0.1) is 13.7 Å². The van der Waals surface area contributed by atoms with Crippen molar-refractivity contribution >= 4 is 5.84 Å². The second-order valence-electron chi connectivity index (χ2n) is 7.52. The number of H-pyrrole nitrogens is 1. The molecule has 2 aromatic heterocycles. The Morgan fingerprint density at radius 2 is 1.97 bits per heavy atom. The van der Waals surface area contributed by atoms with Gasteiger partial charge in [0.15, 0.2) is 17.3 Å². The van der Waals surface area contributed by atoms with Crippen LogP contribution >= 0.6 is 0 Å². The fourth-order valence-corrected chi connectivity index (χ4v) is 3.67. The second-order valence-corrected chi connectivity index (χ2v) is 7.52. The van der Waals surface area contributed by atoms with E-state index in [1.165, 1.54) is 10.9 Å². The Bertz CT molecular complexity index is 1330. The van der Waals surface area contributed by atoms with E-state index in [0.717, 1.165) is 11.1 Å². The van der Waals surface area contributed by atoms with Gasteiger partial charge in [-0.15, -0.1) is 10.2 Å². The Hall–Kier alpha value is -4.47. The minimum Gasteiger partial charge on any atom is -0.493 e. The molecule has 0 bridgehead atoms. The van der Waals surface area contributed by atoms with Crippen LogP contribution in [0.3, 0.4) is 0 Å². The van der Waals surface area contributed by atoms with Crippen molar-refractivity contribution in [1.82, 2.24) is 25.0 Å². The van der Waals surface area contributed by atoms with E-state index in [1.54, 1.807) is 31.4 Å². The van der Waals surface area contributed by atoms with Gasteiger partial charge >= 0.3 is 5.69 Å². The molecule has 0 saturated carbocycles. The van der Waals surface area contributed by atoms with Crippen LogP contribution in [0.4, 0.5) is 0 Å². The number of aromatic amines is 1. The SMILES string of the molecule is CCOc1cc(C(Cc2ccc(C(=N)N)cc2)c2nn(-c3cccnn3)c(=O)[nH]2)ccc1OC. The van der Waals surface area contributed by atoms with Crippen LogP contribution in [-0.4, -0.2) is 44.5 Å². The van der Waals surface area contributed by atoms with Crippen LogP contribution in [0, 0.1) is 5.41 Å². The van der Waals surface area contributed by atoms with Crippen molar-refractivity contribution in [3.63, 3.8) is 0 Å². The summed E-state index contributed by atoms with van der Waals surface area (Å²) in [4.78, 5) is 15.6. The monoisotopic (exact) mass is 459 g/mol. The zero-order valence-electron chi connectivity index (χ0n) is 18.9. The molecule has 4 aromatic rings. The van der Waals surface area contributed by atoms with E-state index in [-0.39, 0.29) is 11.8 Å². The van der Waals surface area contributed by atoms with Crippen molar-refractivity contribution in [2.24, 2.45) is 5.73 Å². The summed E-state index contributed by atoms with van der Waals surface area (Å²) in [5.74, 6) is 1.72. The van der Waals surface area contributed by atoms with Gasteiger partial charge in [-0.05, 0) is 48.7 Å². The van der Waals surface area contributed by atoms with Gasteiger partial charge in [-0.1, -0.05) is 30.3 Å². The molecule has 1 atom stereocenters. The topological polar surface area (TPSA) is 145 Å². The van der Waals surface area contributed by atoms with Gasteiger partial charge in [0, 0.05) is 17.7 Å². The number of nitrogens with two attached hydrogens (primary N) is 1. The fourth-order valence-electron chi connectivity index (χ4n) is 3.67. The maximum Gasteiger partial charge on any atom is 0.349 e. The van der Waals surface area contributed by atoms with Crippen LogP contribution in [0.1, 0.15) is 35.4 Å². The Morgan fingerprint density at radius 1 is 1.18 bits per heavy atom. The maximum atomic E-state index is 12.7. The smallest absolute Gasteiger partial charge is 0.349 e. The third kappa shape index (κ3) is 4.80. The average molecular weight is 460 g/mol. The van der Waals surface area contributed by atoms with Gasteiger partial charge in [-0.2, -0.15) is 9.78 Å². The molecular weight excluding hydrogens is 434 g/mol. The van der Waals surface area contributed by atoms with Gasteiger partial charge in [-0.25, -0.2) is 4.79 Å². The summed E-state index contributed by atoms with van der Waals surface area (Å²) in [5, 5.41) is 20.0. The number of ether oxygens (including phenoxy) is 2. The molecule has 10 heteroatoms. The quantitative estimate of drug-likeness (QED) is 0.257. The molecule has 0 spiro atoms.